The third kappa shape index (κ3) is 6.68. The molecule has 0 spiro atoms. The van der Waals surface area contributed by atoms with Gasteiger partial charge >= 0.3 is 0 Å². The van der Waals surface area contributed by atoms with Crippen molar-refractivity contribution in [3.63, 3.8) is 0 Å². The molecule has 4 heterocycles. The summed E-state index contributed by atoms with van der Waals surface area (Å²) in [5.74, 6) is 1.77. The predicted molar refractivity (Wildman–Crippen MR) is 293 cm³/mol. The van der Waals surface area contributed by atoms with Crippen molar-refractivity contribution < 1.29 is 0 Å². The third-order valence-corrected chi connectivity index (χ3v) is 15.9. The molecule has 0 atom stereocenters. The van der Waals surface area contributed by atoms with Gasteiger partial charge in [-0.05, 0) is 93.0 Å². The highest BCUT2D eigenvalue weighted by Gasteiger charge is 2.21. The molecule has 0 fully saturated rings. The van der Waals surface area contributed by atoms with Gasteiger partial charge in [-0.1, -0.05) is 182 Å². The zero-order valence-corrected chi connectivity index (χ0v) is 38.7. The van der Waals surface area contributed by atoms with Gasteiger partial charge in [-0.15, -0.1) is 22.7 Å². The SMILES string of the molecule is c1ccc(-c2cccc(-c3nc(-c4cccc(-c5ccccc5)c4)nc(-n4c5ccc(-c6cccc7c6sc6ccccc67)cc5c5cc(-c6cccc7c6sc6ccccc67)ccc54)n3)c2)cc1. The van der Waals surface area contributed by atoms with E-state index in [-0.39, 0.29) is 0 Å². The smallest absolute Gasteiger partial charge is 0.238 e. The van der Waals surface area contributed by atoms with Crippen LogP contribution in [0.25, 0.3) is 135 Å². The summed E-state index contributed by atoms with van der Waals surface area (Å²) in [5.41, 5.74) is 13.1. The fraction of sp³-hybridized carbons (Fsp3) is 0. The fourth-order valence-corrected chi connectivity index (χ4v) is 12.7. The Morgan fingerprint density at radius 1 is 0.275 bits per heavy atom. The molecule has 0 unspecified atom stereocenters. The molecule has 0 aliphatic rings. The quantitative estimate of drug-likeness (QED) is 0.160. The molecular weight excluding hydrogens is 877 g/mol. The van der Waals surface area contributed by atoms with Crippen molar-refractivity contribution in [2.24, 2.45) is 0 Å². The summed E-state index contributed by atoms with van der Waals surface area (Å²) in [6.45, 7) is 0. The number of aromatic nitrogens is 4. The molecule has 322 valence electrons. The molecule has 14 rings (SSSR count). The van der Waals surface area contributed by atoms with Crippen molar-refractivity contribution in [3.05, 3.63) is 231 Å². The molecule has 0 aliphatic heterocycles. The van der Waals surface area contributed by atoms with Gasteiger partial charge in [0.15, 0.2) is 11.6 Å². The Morgan fingerprint density at radius 3 is 1.17 bits per heavy atom. The Bertz CT molecular complexity index is 4050. The van der Waals surface area contributed by atoms with E-state index in [0.717, 1.165) is 55.2 Å². The molecule has 4 aromatic heterocycles. The molecule has 0 bridgehead atoms. The van der Waals surface area contributed by atoms with E-state index in [0.29, 0.717) is 17.6 Å². The van der Waals surface area contributed by atoms with Gasteiger partial charge in [0.2, 0.25) is 5.95 Å². The molecular formula is C63H38N4S2. The van der Waals surface area contributed by atoms with Crippen molar-refractivity contribution in [2.75, 3.05) is 0 Å². The maximum atomic E-state index is 5.42. The minimum atomic E-state index is 0.559. The van der Waals surface area contributed by atoms with Gasteiger partial charge < -0.3 is 0 Å². The average molecular weight is 915 g/mol. The summed E-state index contributed by atoms with van der Waals surface area (Å²) in [6, 6.07) is 82.7. The van der Waals surface area contributed by atoms with E-state index in [1.165, 1.54) is 62.6 Å². The Balaban J connectivity index is 1.02. The van der Waals surface area contributed by atoms with E-state index in [2.05, 4.69) is 223 Å². The highest BCUT2D eigenvalue weighted by molar-refractivity contribution is 7.26. The largest absolute Gasteiger partial charge is 0.278 e. The number of benzene rings is 10. The Morgan fingerprint density at radius 2 is 0.681 bits per heavy atom. The van der Waals surface area contributed by atoms with Gasteiger partial charge in [0.25, 0.3) is 0 Å². The number of nitrogens with zero attached hydrogens (tertiary/aromatic N) is 4. The minimum Gasteiger partial charge on any atom is -0.278 e. The van der Waals surface area contributed by atoms with Gasteiger partial charge in [0, 0.05) is 62.2 Å². The molecule has 69 heavy (non-hydrogen) atoms. The van der Waals surface area contributed by atoms with Crippen LogP contribution in [0.1, 0.15) is 0 Å². The Kier molecular flexibility index (Phi) is 9.22. The van der Waals surface area contributed by atoms with E-state index in [4.69, 9.17) is 15.0 Å². The number of fused-ring (bicyclic) bond motifs is 9. The highest BCUT2D eigenvalue weighted by atomic mass is 32.1. The molecule has 10 aromatic carbocycles. The predicted octanol–water partition coefficient (Wildman–Crippen LogP) is 17.7. The summed E-state index contributed by atoms with van der Waals surface area (Å²) >= 11 is 3.73. The second-order valence-electron chi connectivity index (χ2n) is 17.5. The lowest BCUT2D eigenvalue weighted by molar-refractivity contribution is 0.953. The monoisotopic (exact) mass is 914 g/mol. The molecule has 0 N–H and O–H groups in total. The standard InChI is InChI=1S/C63H38N4S2/c1-3-15-39(16-4-1)41-19-11-21-45(35-41)61-64-62(46-22-12-20-42(36-46)40-17-5-2-6-18-40)66-63(65-61)67-55-33-31-43(47-25-13-27-51-49-23-7-9-29-57(49)68-59(47)51)37-53(55)54-38-44(32-34-56(54)67)48-26-14-28-52-50-24-8-10-30-58(50)69-60(48)52/h1-38H. The summed E-state index contributed by atoms with van der Waals surface area (Å²) < 4.78 is 7.42. The molecule has 14 aromatic rings. The van der Waals surface area contributed by atoms with Crippen LogP contribution in [0.15, 0.2) is 231 Å². The van der Waals surface area contributed by atoms with Crippen molar-refractivity contribution in [1.29, 1.82) is 0 Å². The highest BCUT2D eigenvalue weighted by Crippen LogP contribution is 2.45. The van der Waals surface area contributed by atoms with Gasteiger partial charge in [0.1, 0.15) is 0 Å². The van der Waals surface area contributed by atoms with Crippen LogP contribution in [-0.4, -0.2) is 19.5 Å². The zero-order valence-electron chi connectivity index (χ0n) is 37.0. The Labute approximate surface area is 405 Å². The van der Waals surface area contributed by atoms with Gasteiger partial charge in [0.05, 0.1) is 11.0 Å². The normalized spacial score (nSPS) is 11.8. The van der Waals surface area contributed by atoms with Crippen molar-refractivity contribution in [2.45, 2.75) is 0 Å². The van der Waals surface area contributed by atoms with Crippen LogP contribution < -0.4 is 0 Å². The van der Waals surface area contributed by atoms with E-state index < -0.39 is 0 Å². The molecule has 4 nitrogen and oxygen atoms in total. The van der Waals surface area contributed by atoms with Crippen LogP contribution in [0.4, 0.5) is 0 Å². The summed E-state index contributed by atoms with van der Waals surface area (Å²) in [6.07, 6.45) is 0. The fourth-order valence-electron chi connectivity index (χ4n) is 10.2. The first-order valence-electron chi connectivity index (χ1n) is 23.2. The van der Waals surface area contributed by atoms with Crippen LogP contribution in [0, 0.1) is 0 Å². The zero-order chi connectivity index (χ0) is 45.4. The first-order chi connectivity index (χ1) is 34.2. The number of thiophene rings is 2. The molecule has 6 heteroatoms. The van der Waals surface area contributed by atoms with Crippen LogP contribution >= 0.6 is 22.7 Å². The van der Waals surface area contributed by atoms with Crippen LogP contribution in [0.3, 0.4) is 0 Å². The van der Waals surface area contributed by atoms with E-state index in [1.54, 1.807) is 0 Å². The van der Waals surface area contributed by atoms with Crippen molar-refractivity contribution in [1.82, 2.24) is 19.5 Å². The van der Waals surface area contributed by atoms with Crippen molar-refractivity contribution >= 4 is 84.8 Å². The molecule has 0 radical (unpaired) electrons. The lowest BCUT2D eigenvalue weighted by Gasteiger charge is -2.12. The minimum absolute atomic E-state index is 0.559. The van der Waals surface area contributed by atoms with Gasteiger partial charge in [-0.3, -0.25) is 4.57 Å². The maximum Gasteiger partial charge on any atom is 0.238 e. The molecule has 0 saturated heterocycles. The van der Waals surface area contributed by atoms with Crippen LogP contribution in [-0.2, 0) is 0 Å². The van der Waals surface area contributed by atoms with Crippen LogP contribution in [0.5, 0.6) is 0 Å². The third-order valence-electron chi connectivity index (χ3n) is 13.5. The van der Waals surface area contributed by atoms with E-state index in [1.807, 2.05) is 34.8 Å². The second-order valence-corrected chi connectivity index (χ2v) is 19.6. The first kappa shape index (κ1) is 39.6. The topological polar surface area (TPSA) is 43.6 Å². The van der Waals surface area contributed by atoms with Gasteiger partial charge in [-0.25, -0.2) is 4.98 Å². The Hall–Kier alpha value is -8.55. The molecule has 0 amide bonds. The lowest BCUT2D eigenvalue weighted by atomic mass is 9.98. The maximum absolute atomic E-state index is 5.42. The van der Waals surface area contributed by atoms with E-state index in [9.17, 15) is 0 Å². The van der Waals surface area contributed by atoms with Crippen molar-refractivity contribution in [3.8, 4) is 73.2 Å². The second kappa shape index (κ2) is 16.1. The summed E-state index contributed by atoms with van der Waals surface area (Å²) in [5, 5.41) is 7.42. The lowest BCUT2D eigenvalue weighted by Crippen LogP contribution is -2.06. The summed E-state index contributed by atoms with van der Waals surface area (Å²) in [7, 11) is 0. The van der Waals surface area contributed by atoms with Gasteiger partial charge in [-0.2, -0.15) is 9.97 Å². The average Bonchev–Trinajstić information content (AvgIpc) is 4.11. The molecule has 0 aliphatic carbocycles. The van der Waals surface area contributed by atoms with E-state index >= 15 is 0 Å². The first-order valence-corrected chi connectivity index (χ1v) is 24.8. The molecule has 0 saturated carbocycles. The number of hydrogen-bond acceptors (Lipinski definition) is 5. The number of rotatable bonds is 7. The van der Waals surface area contributed by atoms with Crippen LogP contribution in [0.2, 0.25) is 0 Å². The number of hydrogen-bond donors (Lipinski definition) is 0. The summed E-state index contributed by atoms with van der Waals surface area (Å²) in [4.78, 5) is 16.1.